The van der Waals surface area contributed by atoms with Crippen LogP contribution in [0.5, 0.6) is 0 Å². The number of esters is 1. The van der Waals surface area contributed by atoms with Crippen molar-refractivity contribution in [2.75, 3.05) is 0 Å². The molecule has 0 aliphatic rings. The molecule has 2 heterocycles. The zero-order valence-electron chi connectivity index (χ0n) is 17.1. The largest absolute Gasteiger partial charge is 0.452 e. The molecule has 1 N–H and O–H groups in total. The van der Waals surface area contributed by atoms with Gasteiger partial charge in [-0.3, -0.25) is 14.6 Å². The first-order chi connectivity index (χ1) is 14.6. The lowest BCUT2D eigenvalue weighted by Crippen LogP contribution is -2.38. The monoisotopic (exact) mass is 423 g/mol. The van der Waals surface area contributed by atoms with Crippen LogP contribution >= 0.6 is 11.3 Å². The molecule has 0 spiro atoms. The normalized spacial score (nSPS) is 12.7. The number of aromatic nitrogens is 2. The number of ether oxygens (including phenoxy) is 1. The van der Waals surface area contributed by atoms with Crippen LogP contribution in [0.3, 0.4) is 0 Å². The van der Waals surface area contributed by atoms with E-state index in [1.807, 2.05) is 53.9 Å². The summed E-state index contributed by atoms with van der Waals surface area (Å²) in [5, 5.41) is 5.54. The highest BCUT2D eigenvalue weighted by Gasteiger charge is 2.22. The van der Waals surface area contributed by atoms with Crippen LogP contribution in [-0.2, 0) is 20.7 Å². The molecule has 30 heavy (non-hydrogen) atoms. The van der Waals surface area contributed by atoms with Crippen LogP contribution in [0.4, 0.5) is 0 Å². The van der Waals surface area contributed by atoms with Crippen molar-refractivity contribution in [3.8, 4) is 10.7 Å². The maximum atomic E-state index is 12.6. The van der Waals surface area contributed by atoms with Crippen molar-refractivity contribution in [2.45, 2.75) is 45.3 Å². The minimum absolute atomic E-state index is 0.0119. The number of rotatable bonds is 9. The van der Waals surface area contributed by atoms with E-state index >= 15 is 0 Å². The second-order valence-corrected chi connectivity index (χ2v) is 7.79. The van der Waals surface area contributed by atoms with E-state index in [2.05, 4.69) is 22.2 Å². The summed E-state index contributed by atoms with van der Waals surface area (Å²) in [6.07, 6.45) is 2.57. The molecule has 0 radical (unpaired) electrons. The summed E-state index contributed by atoms with van der Waals surface area (Å²) in [4.78, 5) is 33.6. The molecule has 2 unspecified atom stereocenters. The van der Waals surface area contributed by atoms with Crippen LogP contribution in [0.1, 0.15) is 44.0 Å². The third-order valence-electron chi connectivity index (χ3n) is 4.53. The van der Waals surface area contributed by atoms with Crippen molar-refractivity contribution in [1.29, 1.82) is 0 Å². The van der Waals surface area contributed by atoms with Gasteiger partial charge in [0, 0.05) is 11.6 Å². The van der Waals surface area contributed by atoms with Crippen LogP contribution in [-0.4, -0.2) is 27.9 Å². The van der Waals surface area contributed by atoms with Crippen molar-refractivity contribution in [2.24, 2.45) is 0 Å². The Morgan fingerprint density at radius 3 is 2.60 bits per heavy atom. The van der Waals surface area contributed by atoms with Gasteiger partial charge in [-0.2, -0.15) is 0 Å². The lowest BCUT2D eigenvalue weighted by Gasteiger charge is -2.21. The number of carbonyl (C=O) groups excluding carboxylic acids is 2. The maximum absolute atomic E-state index is 12.6. The number of nitrogens with zero attached hydrogens (tertiary/aromatic N) is 2. The summed E-state index contributed by atoms with van der Waals surface area (Å²) in [5.74, 6) is -0.791. The predicted octanol–water partition coefficient (Wildman–Crippen LogP) is 4.34. The molecular weight excluding hydrogens is 398 g/mol. The number of amides is 1. The molecule has 0 fully saturated rings. The quantitative estimate of drug-likeness (QED) is 0.518. The van der Waals surface area contributed by atoms with Gasteiger partial charge in [-0.05, 0) is 31.0 Å². The van der Waals surface area contributed by atoms with Gasteiger partial charge in [0.15, 0.2) is 6.10 Å². The summed E-state index contributed by atoms with van der Waals surface area (Å²) in [7, 11) is 0. The lowest BCUT2D eigenvalue weighted by atomic mass is 10.0. The molecule has 6 nitrogen and oxygen atoms in total. The fraction of sp³-hybridized carbons (Fsp3) is 0.304. The van der Waals surface area contributed by atoms with Gasteiger partial charge < -0.3 is 10.1 Å². The summed E-state index contributed by atoms with van der Waals surface area (Å²) < 4.78 is 5.34. The Morgan fingerprint density at radius 1 is 1.13 bits per heavy atom. The standard InChI is InChI=1S/C23H25N3O3S/c1-3-9-19(17-10-5-4-6-11-17)26-22(28)16(2)29-21(27)14-18-15-30-23(25-18)20-12-7-8-13-24-20/h4-8,10-13,15-16,19H,3,9,14H2,1-2H3,(H,26,28). The van der Waals surface area contributed by atoms with E-state index in [9.17, 15) is 9.59 Å². The second-order valence-electron chi connectivity index (χ2n) is 6.93. The fourth-order valence-electron chi connectivity index (χ4n) is 3.02. The highest BCUT2D eigenvalue weighted by molar-refractivity contribution is 7.13. The molecule has 0 bridgehead atoms. The van der Waals surface area contributed by atoms with E-state index in [4.69, 9.17) is 4.74 Å². The van der Waals surface area contributed by atoms with Crippen LogP contribution < -0.4 is 5.32 Å². The number of carbonyl (C=O) groups is 2. The predicted molar refractivity (Wildman–Crippen MR) is 117 cm³/mol. The molecule has 0 saturated heterocycles. The molecule has 0 saturated carbocycles. The summed E-state index contributed by atoms with van der Waals surface area (Å²) >= 11 is 1.42. The molecule has 1 aromatic carbocycles. The number of hydrogen-bond donors (Lipinski definition) is 1. The summed E-state index contributed by atoms with van der Waals surface area (Å²) in [6, 6.07) is 15.3. The van der Waals surface area contributed by atoms with E-state index in [1.165, 1.54) is 11.3 Å². The molecule has 156 valence electrons. The first-order valence-corrected chi connectivity index (χ1v) is 10.9. The molecule has 3 rings (SSSR count). The third kappa shape index (κ3) is 5.97. The average molecular weight is 424 g/mol. The molecule has 7 heteroatoms. The van der Waals surface area contributed by atoms with Crippen molar-refractivity contribution in [3.63, 3.8) is 0 Å². The Hall–Kier alpha value is -3.06. The zero-order chi connectivity index (χ0) is 21.3. The van der Waals surface area contributed by atoms with Crippen LogP contribution in [0.2, 0.25) is 0 Å². The van der Waals surface area contributed by atoms with Crippen molar-refractivity contribution in [3.05, 3.63) is 71.4 Å². The van der Waals surface area contributed by atoms with Crippen LogP contribution in [0, 0.1) is 0 Å². The first-order valence-electron chi connectivity index (χ1n) is 9.97. The first kappa shape index (κ1) is 21.6. The number of pyridine rings is 1. The Kier molecular flexibility index (Phi) is 7.68. The minimum Gasteiger partial charge on any atom is -0.452 e. The minimum atomic E-state index is -0.880. The van der Waals surface area contributed by atoms with Gasteiger partial charge >= 0.3 is 5.97 Å². The molecule has 2 aromatic heterocycles. The second kappa shape index (κ2) is 10.6. The molecule has 3 aromatic rings. The smallest absolute Gasteiger partial charge is 0.312 e. The Morgan fingerprint density at radius 2 is 1.90 bits per heavy atom. The van der Waals surface area contributed by atoms with E-state index in [0.29, 0.717) is 5.69 Å². The summed E-state index contributed by atoms with van der Waals surface area (Å²) in [6.45, 7) is 3.65. The Bertz CT molecular complexity index is 960. The van der Waals surface area contributed by atoms with E-state index < -0.39 is 12.1 Å². The molecular formula is C23H25N3O3S. The van der Waals surface area contributed by atoms with Gasteiger partial charge in [-0.1, -0.05) is 49.7 Å². The van der Waals surface area contributed by atoms with Gasteiger partial charge in [-0.15, -0.1) is 11.3 Å². The van der Waals surface area contributed by atoms with E-state index in [-0.39, 0.29) is 18.4 Å². The van der Waals surface area contributed by atoms with Gasteiger partial charge in [-0.25, -0.2) is 4.98 Å². The Balaban J connectivity index is 1.54. The molecule has 0 aliphatic heterocycles. The summed E-state index contributed by atoms with van der Waals surface area (Å²) in [5.41, 5.74) is 2.40. The number of nitrogens with one attached hydrogen (secondary N) is 1. The van der Waals surface area contributed by atoms with Gasteiger partial charge in [0.2, 0.25) is 0 Å². The van der Waals surface area contributed by atoms with Crippen molar-refractivity contribution in [1.82, 2.24) is 15.3 Å². The topological polar surface area (TPSA) is 81.2 Å². The van der Waals surface area contributed by atoms with Crippen molar-refractivity contribution < 1.29 is 14.3 Å². The highest BCUT2D eigenvalue weighted by Crippen LogP contribution is 2.22. The van der Waals surface area contributed by atoms with E-state index in [1.54, 1.807) is 13.1 Å². The number of hydrogen-bond acceptors (Lipinski definition) is 6. The van der Waals surface area contributed by atoms with E-state index in [0.717, 1.165) is 29.1 Å². The van der Waals surface area contributed by atoms with Crippen LogP contribution in [0.15, 0.2) is 60.1 Å². The SMILES string of the molecule is CCCC(NC(=O)C(C)OC(=O)Cc1csc(-c2ccccn2)n1)c1ccccc1. The third-order valence-corrected chi connectivity index (χ3v) is 5.45. The molecule has 1 amide bonds. The van der Waals surface area contributed by atoms with Gasteiger partial charge in [0.25, 0.3) is 5.91 Å². The maximum Gasteiger partial charge on any atom is 0.312 e. The molecule has 0 aliphatic carbocycles. The van der Waals surface area contributed by atoms with Crippen LogP contribution in [0.25, 0.3) is 10.7 Å². The van der Waals surface area contributed by atoms with Gasteiger partial charge in [0.1, 0.15) is 5.01 Å². The Labute approximate surface area is 180 Å². The van der Waals surface area contributed by atoms with Crippen molar-refractivity contribution >= 4 is 23.2 Å². The fourth-order valence-corrected chi connectivity index (χ4v) is 3.82. The number of thiazole rings is 1. The molecule has 2 atom stereocenters. The lowest BCUT2D eigenvalue weighted by molar-refractivity contribution is -0.154. The van der Waals surface area contributed by atoms with Gasteiger partial charge in [0.05, 0.1) is 23.9 Å². The highest BCUT2D eigenvalue weighted by atomic mass is 32.1. The zero-order valence-corrected chi connectivity index (χ0v) is 17.9. The number of benzene rings is 1. The average Bonchev–Trinajstić information content (AvgIpc) is 3.23.